The lowest BCUT2D eigenvalue weighted by atomic mass is 10.1. The molecule has 0 heterocycles. The molecule has 1 amide bonds. The number of ether oxygens (including phenoxy) is 1. The summed E-state index contributed by atoms with van der Waals surface area (Å²) in [6, 6.07) is 11.5. The zero-order valence-corrected chi connectivity index (χ0v) is 17.4. The Bertz CT molecular complexity index is 975. The largest absolute Gasteiger partial charge is 0.465 e. The highest BCUT2D eigenvalue weighted by Gasteiger charge is 2.23. The molecular formula is C18H19BrN2O5S. The highest BCUT2D eigenvalue weighted by Crippen LogP contribution is 2.27. The molecule has 0 aliphatic heterocycles. The van der Waals surface area contributed by atoms with Gasteiger partial charge in [-0.1, -0.05) is 18.2 Å². The van der Waals surface area contributed by atoms with E-state index in [-0.39, 0.29) is 0 Å². The van der Waals surface area contributed by atoms with E-state index >= 15 is 0 Å². The van der Waals surface area contributed by atoms with Crippen LogP contribution in [0.1, 0.15) is 15.9 Å². The first-order chi connectivity index (χ1) is 12.6. The minimum Gasteiger partial charge on any atom is -0.465 e. The molecule has 144 valence electrons. The Hall–Kier alpha value is -2.39. The fraction of sp³-hybridized carbons (Fsp3) is 0.222. The summed E-state index contributed by atoms with van der Waals surface area (Å²) in [7, 11) is -2.42. The Morgan fingerprint density at radius 1 is 1.15 bits per heavy atom. The molecular weight excluding hydrogens is 436 g/mol. The minimum absolute atomic E-state index is 0.320. The second kappa shape index (κ2) is 8.53. The third kappa shape index (κ3) is 5.08. The van der Waals surface area contributed by atoms with Gasteiger partial charge in [-0.15, -0.1) is 0 Å². The Kier molecular flexibility index (Phi) is 6.61. The van der Waals surface area contributed by atoms with E-state index in [0.29, 0.717) is 27.0 Å². The summed E-state index contributed by atoms with van der Waals surface area (Å²) >= 11 is 3.30. The number of methoxy groups -OCH3 is 1. The number of rotatable bonds is 6. The number of anilines is 2. The van der Waals surface area contributed by atoms with Gasteiger partial charge in [-0.05, 0) is 52.7 Å². The molecule has 0 aromatic heterocycles. The van der Waals surface area contributed by atoms with Gasteiger partial charge in [0.1, 0.15) is 6.54 Å². The van der Waals surface area contributed by atoms with Gasteiger partial charge in [-0.3, -0.25) is 9.10 Å². The van der Waals surface area contributed by atoms with E-state index in [1.54, 1.807) is 49.4 Å². The van der Waals surface area contributed by atoms with Crippen molar-refractivity contribution in [1.82, 2.24) is 0 Å². The Balaban J connectivity index is 2.28. The number of benzene rings is 2. The summed E-state index contributed by atoms with van der Waals surface area (Å²) in [5, 5.41) is 2.65. The number of hydrogen-bond acceptors (Lipinski definition) is 5. The molecule has 27 heavy (non-hydrogen) atoms. The van der Waals surface area contributed by atoms with Crippen LogP contribution < -0.4 is 9.62 Å². The summed E-state index contributed by atoms with van der Waals surface area (Å²) in [6.07, 6.45) is 1.03. The maximum absolute atomic E-state index is 12.5. The van der Waals surface area contributed by atoms with Crippen LogP contribution in [-0.2, 0) is 19.6 Å². The van der Waals surface area contributed by atoms with Crippen LogP contribution in [0.5, 0.6) is 0 Å². The first kappa shape index (κ1) is 20.9. The third-order valence-corrected chi connectivity index (χ3v) is 5.62. The number of amides is 1. The summed E-state index contributed by atoms with van der Waals surface area (Å²) in [5.41, 5.74) is 1.62. The molecule has 2 aromatic carbocycles. The fourth-order valence-electron chi connectivity index (χ4n) is 2.46. The highest BCUT2D eigenvalue weighted by atomic mass is 79.9. The van der Waals surface area contributed by atoms with E-state index < -0.39 is 28.4 Å². The predicted molar refractivity (Wildman–Crippen MR) is 107 cm³/mol. The zero-order valence-electron chi connectivity index (χ0n) is 15.0. The van der Waals surface area contributed by atoms with Gasteiger partial charge in [0.05, 0.1) is 24.6 Å². The first-order valence-electron chi connectivity index (χ1n) is 7.85. The Labute approximate surface area is 166 Å². The lowest BCUT2D eigenvalue weighted by Crippen LogP contribution is -2.37. The van der Waals surface area contributed by atoms with E-state index in [9.17, 15) is 18.0 Å². The van der Waals surface area contributed by atoms with Crippen LogP contribution in [0.25, 0.3) is 0 Å². The molecule has 2 rings (SSSR count). The van der Waals surface area contributed by atoms with Gasteiger partial charge in [0.2, 0.25) is 15.9 Å². The molecule has 0 spiro atoms. The Morgan fingerprint density at radius 2 is 1.81 bits per heavy atom. The molecule has 0 aliphatic rings. The number of para-hydroxylation sites is 1. The molecule has 0 fully saturated rings. The van der Waals surface area contributed by atoms with Crippen LogP contribution in [0.4, 0.5) is 11.4 Å². The standard InChI is InChI=1S/C18H19BrN2O5S/c1-12-13(18(23)26-2)7-6-9-15(12)20-17(22)11-21(27(3,24)25)16-10-5-4-8-14(16)19/h4-10H,11H2,1-3H3,(H,20,22). The second-order valence-electron chi connectivity index (χ2n) is 5.74. The molecule has 7 nitrogen and oxygen atoms in total. The molecule has 0 unspecified atom stereocenters. The van der Waals surface area contributed by atoms with Crippen LogP contribution in [-0.4, -0.2) is 40.2 Å². The smallest absolute Gasteiger partial charge is 0.338 e. The number of nitrogens with zero attached hydrogens (tertiary/aromatic N) is 1. The number of nitrogens with one attached hydrogen (secondary N) is 1. The van der Waals surface area contributed by atoms with Crippen LogP contribution in [0.2, 0.25) is 0 Å². The van der Waals surface area contributed by atoms with Gasteiger partial charge in [-0.25, -0.2) is 13.2 Å². The molecule has 0 bridgehead atoms. The number of hydrogen-bond donors (Lipinski definition) is 1. The summed E-state index contributed by atoms with van der Waals surface area (Å²) < 4.78 is 30.6. The zero-order chi connectivity index (χ0) is 20.2. The van der Waals surface area contributed by atoms with Crippen LogP contribution in [0.3, 0.4) is 0 Å². The van der Waals surface area contributed by atoms with Crippen molar-refractivity contribution in [2.24, 2.45) is 0 Å². The molecule has 0 radical (unpaired) electrons. The van der Waals surface area contributed by atoms with E-state index in [2.05, 4.69) is 21.2 Å². The van der Waals surface area contributed by atoms with Crippen molar-refractivity contribution in [1.29, 1.82) is 0 Å². The monoisotopic (exact) mass is 454 g/mol. The van der Waals surface area contributed by atoms with Crippen LogP contribution in [0.15, 0.2) is 46.9 Å². The Morgan fingerprint density at radius 3 is 2.41 bits per heavy atom. The first-order valence-corrected chi connectivity index (χ1v) is 10.5. The molecule has 1 N–H and O–H groups in total. The molecule has 0 atom stereocenters. The van der Waals surface area contributed by atoms with E-state index in [0.717, 1.165) is 10.6 Å². The van der Waals surface area contributed by atoms with Crippen molar-refractivity contribution in [3.8, 4) is 0 Å². The lowest BCUT2D eigenvalue weighted by molar-refractivity contribution is -0.114. The number of carbonyl (C=O) groups excluding carboxylic acids is 2. The van der Waals surface area contributed by atoms with Crippen molar-refractivity contribution in [3.63, 3.8) is 0 Å². The predicted octanol–water partition coefficient (Wildman–Crippen LogP) is 2.95. The number of sulfonamides is 1. The van der Waals surface area contributed by atoms with Crippen molar-refractivity contribution in [2.45, 2.75) is 6.92 Å². The van der Waals surface area contributed by atoms with Gasteiger partial charge in [0.15, 0.2) is 0 Å². The summed E-state index contributed by atoms with van der Waals surface area (Å²) in [5.74, 6) is -1.06. The van der Waals surface area contributed by atoms with Crippen molar-refractivity contribution in [3.05, 3.63) is 58.1 Å². The quantitative estimate of drug-likeness (QED) is 0.677. The van der Waals surface area contributed by atoms with E-state index in [1.807, 2.05) is 0 Å². The second-order valence-corrected chi connectivity index (χ2v) is 8.50. The van der Waals surface area contributed by atoms with Gasteiger partial charge >= 0.3 is 5.97 Å². The van der Waals surface area contributed by atoms with E-state index in [4.69, 9.17) is 4.74 Å². The number of esters is 1. The summed E-state index contributed by atoms with van der Waals surface area (Å²) in [4.78, 5) is 24.3. The molecule has 0 saturated heterocycles. The number of carbonyl (C=O) groups is 2. The van der Waals surface area contributed by atoms with Crippen LogP contribution >= 0.6 is 15.9 Å². The summed E-state index contributed by atoms with van der Waals surface area (Å²) in [6.45, 7) is 1.26. The van der Waals surface area contributed by atoms with Crippen molar-refractivity contribution < 1.29 is 22.7 Å². The fourth-order valence-corrected chi connectivity index (χ4v) is 3.94. The molecule has 2 aromatic rings. The van der Waals surface area contributed by atoms with E-state index in [1.165, 1.54) is 7.11 Å². The third-order valence-electron chi connectivity index (χ3n) is 3.82. The van der Waals surface area contributed by atoms with Crippen molar-refractivity contribution >= 4 is 49.2 Å². The molecule has 9 heteroatoms. The van der Waals surface area contributed by atoms with Crippen LogP contribution in [0, 0.1) is 6.92 Å². The average Bonchev–Trinajstić information content (AvgIpc) is 2.60. The van der Waals surface area contributed by atoms with Gasteiger partial charge < -0.3 is 10.1 Å². The van der Waals surface area contributed by atoms with Gasteiger partial charge in [-0.2, -0.15) is 0 Å². The van der Waals surface area contributed by atoms with Crippen molar-refractivity contribution in [2.75, 3.05) is 29.5 Å². The van der Waals surface area contributed by atoms with Gasteiger partial charge in [0, 0.05) is 10.2 Å². The lowest BCUT2D eigenvalue weighted by Gasteiger charge is -2.23. The number of halogens is 1. The van der Waals surface area contributed by atoms with Gasteiger partial charge in [0.25, 0.3) is 0 Å². The molecule has 0 aliphatic carbocycles. The maximum atomic E-state index is 12.5. The molecule has 0 saturated carbocycles. The normalized spacial score (nSPS) is 11.0. The average molecular weight is 455 g/mol. The minimum atomic E-state index is -3.70. The topological polar surface area (TPSA) is 92.8 Å². The highest BCUT2D eigenvalue weighted by molar-refractivity contribution is 9.10. The SMILES string of the molecule is COC(=O)c1cccc(NC(=O)CN(c2ccccc2Br)S(C)(=O)=O)c1C. The maximum Gasteiger partial charge on any atom is 0.338 e.